The minimum absolute atomic E-state index is 0.0503. The van der Waals surface area contributed by atoms with E-state index in [0.29, 0.717) is 23.4 Å². The van der Waals surface area contributed by atoms with Crippen molar-refractivity contribution in [3.05, 3.63) is 71.6 Å². The summed E-state index contributed by atoms with van der Waals surface area (Å²) >= 11 is 0. The summed E-state index contributed by atoms with van der Waals surface area (Å²) in [6, 6.07) is 12.6. The molecule has 1 aliphatic rings. The fraction of sp³-hybridized carbons (Fsp3) is 0.238. The van der Waals surface area contributed by atoms with Gasteiger partial charge < -0.3 is 15.4 Å². The molecule has 27 heavy (non-hydrogen) atoms. The van der Waals surface area contributed by atoms with Gasteiger partial charge in [-0.2, -0.15) is 0 Å². The molecule has 1 heterocycles. The Labute approximate surface area is 157 Å². The summed E-state index contributed by atoms with van der Waals surface area (Å²) in [6.07, 6.45) is 4.91. The van der Waals surface area contributed by atoms with Crippen LogP contribution in [-0.2, 0) is 9.53 Å². The van der Waals surface area contributed by atoms with Gasteiger partial charge in [-0.3, -0.25) is 9.59 Å². The fourth-order valence-electron chi connectivity index (χ4n) is 2.82. The van der Waals surface area contributed by atoms with E-state index in [0.717, 1.165) is 19.4 Å². The van der Waals surface area contributed by atoms with Crippen molar-refractivity contribution < 1.29 is 18.7 Å². The van der Waals surface area contributed by atoms with Gasteiger partial charge in [0, 0.05) is 19.2 Å². The van der Waals surface area contributed by atoms with Crippen LogP contribution in [0.1, 0.15) is 28.8 Å². The molecule has 1 fully saturated rings. The summed E-state index contributed by atoms with van der Waals surface area (Å²) in [7, 11) is 0. The molecule has 6 heteroatoms. The van der Waals surface area contributed by atoms with E-state index in [-0.39, 0.29) is 23.7 Å². The third-order valence-corrected chi connectivity index (χ3v) is 4.24. The van der Waals surface area contributed by atoms with Gasteiger partial charge in [-0.15, -0.1) is 0 Å². The van der Waals surface area contributed by atoms with Crippen molar-refractivity contribution in [2.24, 2.45) is 0 Å². The summed E-state index contributed by atoms with van der Waals surface area (Å²) in [6.45, 7) is 1.18. The van der Waals surface area contributed by atoms with Crippen LogP contribution in [0.5, 0.6) is 0 Å². The summed E-state index contributed by atoms with van der Waals surface area (Å²) in [5.41, 5.74) is 1.52. The Morgan fingerprint density at radius 2 is 1.93 bits per heavy atom. The van der Waals surface area contributed by atoms with Gasteiger partial charge >= 0.3 is 0 Å². The predicted molar refractivity (Wildman–Crippen MR) is 102 cm³/mol. The summed E-state index contributed by atoms with van der Waals surface area (Å²) in [4.78, 5) is 24.6. The number of benzene rings is 2. The second-order valence-electron chi connectivity index (χ2n) is 6.26. The fourth-order valence-corrected chi connectivity index (χ4v) is 2.82. The summed E-state index contributed by atoms with van der Waals surface area (Å²) < 4.78 is 18.4. The van der Waals surface area contributed by atoms with E-state index >= 15 is 0 Å². The lowest BCUT2D eigenvalue weighted by Crippen LogP contribution is -2.32. The molecule has 0 radical (unpaired) electrons. The molecule has 1 aliphatic heterocycles. The van der Waals surface area contributed by atoms with E-state index in [2.05, 4.69) is 10.6 Å². The first kappa shape index (κ1) is 18.8. The number of rotatable bonds is 6. The number of carbonyl (C=O) groups excluding carboxylic acids is 2. The minimum atomic E-state index is -0.376. The quantitative estimate of drug-likeness (QED) is 0.768. The molecule has 140 valence electrons. The molecule has 2 N–H and O–H groups in total. The number of para-hydroxylation sites is 1. The van der Waals surface area contributed by atoms with Gasteiger partial charge in [-0.1, -0.05) is 24.3 Å². The lowest BCUT2D eigenvalue weighted by molar-refractivity contribution is -0.111. The highest BCUT2D eigenvalue weighted by atomic mass is 19.1. The Hall–Kier alpha value is -2.99. The molecule has 1 saturated heterocycles. The Morgan fingerprint density at radius 1 is 1.15 bits per heavy atom. The van der Waals surface area contributed by atoms with Crippen molar-refractivity contribution in [1.29, 1.82) is 0 Å². The Morgan fingerprint density at radius 3 is 2.67 bits per heavy atom. The number of hydrogen-bond donors (Lipinski definition) is 2. The van der Waals surface area contributed by atoms with Crippen LogP contribution in [0.2, 0.25) is 0 Å². The first-order chi connectivity index (χ1) is 13.1. The van der Waals surface area contributed by atoms with Crippen LogP contribution in [0.15, 0.2) is 54.6 Å². The van der Waals surface area contributed by atoms with E-state index < -0.39 is 0 Å². The molecule has 0 aliphatic carbocycles. The largest absolute Gasteiger partial charge is 0.376 e. The van der Waals surface area contributed by atoms with Crippen molar-refractivity contribution >= 4 is 23.6 Å². The molecule has 2 aromatic carbocycles. The number of amides is 2. The smallest absolute Gasteiger partial charge is 0.253 e. The maximum atomic E-state index is 12.9. The zero-order valence-electron chi connectivity index (χ0n) is 14.8. The van der Waals surface area contributed by atoms with E-state index in [4.69, 9.17) is 4.74 Å². The van der Waals surface area contributed by atoms with Gasteiger partial charge in [0.2, 0.25) is 5.91 Å². The molecule has 0 bridgehead atoms. The van der Waals surface area contributed by atoms with Gasteiger partial charge in [-0.25, -0.2) is 4.39 Å². The average Bonchev–Trinajstić information content (AvgIpc) is 3.20. The van der Waals surface area contributed by atoms with Crippen LogP contribution < -0.4 is 10.6 Å². The number of ether oxygens (including phenoxy) is 1. The van der Waals surface area contributed by atoms with Crippen molar-refractivity contribution in [1.82, 2.24) is 5.32 Å². The second-order valence-corrected chi connectivity index (χ2v) is 6.26. The molecule has 5 nitrogen and oxygen atoms in total. The van der Waals surface area contributed by atoms with Crippen LogP contribution in [0, 0.1) is 5.82 Å². The number of hydrogen-bond acceptors (Lipinski definition) is 3. The maximum Gasteiger partial charge on any atom is 0.253 e. The normalized spacial score (nSPS) is 16.4. The lowest BCUT2D eigenvalue weighted by atomic mass is 10.1. The highest BCUT2D eigenvalue weighted by molar-refractivity contribution is 6.07. The van der Waals surface area contributed by atoms with E-state index in [1.54, 1.807) is 42.5 Å². The molecule has 2 aromatic rings. The van der Waals surface area contributed by atoms with Crippen LogP contribution in [0.25, 0.3) is 6.08 Å². The van der Waals surface area contributed by atoms with Crippen LogP contribution in [-0.4, -0.2) is 31.1 Å². The predicted octanol–water partition coefficient (Wildman–Crippen LogP) is 3.39. The summed E-state index contributed by atoms with van der Waals surface area (Å²) in [5.74, 6) is -0.970. The van der Waals surface area contributed by atoms with Crippen molar-refractivity contribution in [2.75, 3.05) is 18.5 Å². The van der Waals surface area contributed by atoms with Crippen LogP contribution in [0.3, 0.4) is 0 Å². The minimum Gasteiger partial charge on any atom is -0.376 e. The first-order valence-electron chi connectivity index (χ1n) is 8.85. The highest BCUT2D eigenvalue weighted by Crippen LogP contribution is 2.16. The summed E-state index contributed by atoms with van der Waals surface area (Å²) in [5, 5.41) is 5.56. The third-order valence-electron chi connectivity index (χ3n) is 4.24. The Balaban J connectivity index is 1.61. The van der Waals surface area contributed by atoms with Crippen LogP contribution in [0.4, 0.5) is 10.1 Å². The average molecular weight is 368 g/mol. The molecule has 0 spiro atoms. The van der Waals surface area contributed by atoms with Gasteiger partial charge in [0.05, 0.1) is 17.4 Å². The maximum absolute atomic E-state index is 12.9. The molecule has 0 aromatic heterocycles. The molecular formula is C21H21FN2O3. The Bertz CT molecular complexity index is 828. The molecule has 1 unspecified atom stereocenters. The first-order valence-corrected chi connectivity index (χ1v) is 8.85. The molecule has 1 atom stereocenters. The van der Waals surface area contributed by atoms with E-state index in [1.807, 2.05) is 0 Å². The number of nitrogens with one attached hydrogen (secondary N) is 2. The zero-order valence-corrected chi connectivity index (χ0v) is 14.8. The molecule has 0 saturated carbocycles. The number of carbonyl (C=O) groups is 2. The van der Waals surface area contributed by atoms with Gasteiger partial charge in [0.15, 0.2) is 0 Å². The van der Waals surface area contributed by atoms with Gasteiger partial charge in [0.25, 0.3) is 5.91 Å². The highest BCUT2D eigenvalue weighted by Gasteiger charge is 2.18. The van der Waals surface area contributed by atoms with Crippen molar-refractivity contribution in [3.63, 3.8) is 0 Å². The molecule has 2 amide bonds. The standard InChI is InChI=1S/C21H21FN2O3/c22-16-10-7-15(8-11-16)9-12-20(25)24-19-6-2-1-5-18(19)21(26)23-14-17-4-3-13-27-17/h1-2,5-12,17H,3-4,13-14H2,(H,23,26)(H,24,25)/b12-9+. The number of halogens is 1. The third kappa shape index (κ3) is 5.49. The zero-order chi connectivity index (χ0) is 19.1. The number of anilines is 1. The topological polar surface area (TPSA) is 67.4 Å². The SMILES string of the molecule is O=C(/C=C/c1ccc(F)cc1)Nc1ccccc1C(=O)NCC1CCCO1. The lowest BCUT2D eigenvalue weighted by Gasteiger charge is -2.13. The van der Waals surface area contributed by atoms with Crippen molar-refractivity contribution in [2.45, 2.75) is 18.9 Å². The monoisotopic (exact) mass is 368 g/mol. The Kier molecular flexibility index (Phi) is 6.33. The van der Waals surface area contributed by atoms with Gasteiger partial charge in [0.1, 0.15) is 5.82 Å². The second kappa shape index (κ2) is 9.09. The van der Waals surface area contributed by atoms with Gasteiger partial charge in [-0.05, 0) is 48.7 Å². The van der Waals surface area contributed by atoms with Crippen LogP contribution >= 0.6 is 0 Å². The van der Waals surface area contributed by atoms with E-state index in [1.165, 1.54) is 18.2 Å². The van der Waals surface area contributed by atoms with Crippen molar-refractivity contribution in [3.8, 4) is 0 Å². The van der Waals surface area contributed by atoms with E-state index in [9.17, 15) is 14.0 Å². The molecule has 3 rings (SSSR count). The molecular weight excluding hydrogens is 347 g/mol.